The molecule has 5 heteroatoms. The van der Waals surface area contributed by atoms with Crippen LogP contribution in [0.5, 0.6) is 0 Å². The van der Waals surface area contributed by atoms with Gasteiger partial charge in [-0.05, 0) is 12.1 Å². The number of carbonyl (C=O) groups excluding carboxylic acids is 1. The standard InChI is InChI=1S/C8H5NO3S/c10-3-5-1-4-2-6(8(11)12)13-7(4)9-5/h1-3,9H,(H,11,12). The molecular formula is C8H5NO3S. The molecule has 0 radical (unpaired) electrons. The second kappa shape index (κ2) is 2.70. The quantitative estimate of drug-likeness (QED) is 0.717. The maximum absolute atomic E-state index is 10.5. The molecule has 2 aromatic heterocycles. The largest absolute Gasteiger partial charge is 0.477 e. The van der Waals surface area contributed by atoms with Crippen LogP contribution in [0.2, 0.25) is 0 Å². The van der Waals surface area contributed by atoms with Crippen molar-refractivity contribution >= 4 is 33.8 Å². The molecule has 0 bridgehead atoms. The van der Waals surface area contributed by atoms with Gasteiger partial charge >= 0.3 is 5.97 Å². The van der Waals surface area contributed by atoms with E-state index in [0.717, 1.165) is 21.6 Å². The van der Waals surface area contributed by atoms with E-state index in [0.29, 0.717) is 12.0 Å². The predicted octanol–water partition coefficient (Wildman–Crippen LogP) is 1.74. The van der Waals surface area contributed by atoms with E-state index in [1.165, 1.54) is 0 Å². The van der Waals surface area contributed by atoms with Crippen molar-refractivity contribution < 1.29 is 14.7 Å². The van der Waals surface area contributed by atoms with Crippen molar-refractivity contribution in [2.75, 3.05) is 0 Å². The van der Waals surface area contributed by atoms with E-state index < -0.39 is 5.97 Å². The molecule has 0 aliphatic heterocycles. The van der Waals surface area contributed by atoms with Gasteiger partial charge in [0.15, 0.2) is 6.29 Å². The predicted molar refractivity (Wildman–Crippen MR) is 48.5 cm³/mol. The highest BCUT2D eigenvalue weighted by Gasteiger charge is 2.10. The minimum absolute atomic E-state index is 0.277. The van der Waals surface area contributed by atoms with E-state index in [-0.39, 0.29) is 4.88 Å². The Morgan fingerprint density at radius 3 is 2.85 bits per heavy atom. The monoisotopic (exact) mass is 195 g/mol. The molecule has 0 aliphatic rings. The van der Waals surface area contributed by atoms with Gasteiger partial charge in [-0.3, -0.25) is 4.79 Å². The average molecular weight is 195 g/mol. The summed E-state index contributed by atoms with van der Waals surface area (Å²) < 4.78 is 0. The number of thiophene rings is 1. The molecule has 4 nitrogen and oxygen atoms in total. The fourth-order valence-corrected chi connectivity index (χ4v) is 2.01. The summed E-state index contributed by atoms with van der Waals surface area (Å²) in [5.74, 6) is -0.942. The Morgan fingerprint density at radius 2 is 2.31 bits per heavy atom. The lowest BCUT2D eigenvalue weighted by molar-refractivity contribution is 0.0702. The highest BCUT2D eigenvalue weighted by Crippen LogP contribution is 2.25. The number of aldehydes is 1. The minimum Gasteiger partial charge on any atom is -0.477 e. The summed E-state index contributed by atoms with van der Waals surface area (Å²) in [6.45, 7) is 0. The molecule has 66 valence electrons. The zero-order valence-electron chi connectivity index (χ0n) is 6.40. The summed E-state index contributed by atoms with van der Waals surface area (Å²) in [6.07, 6.45) is 0.702. The van der Waals surface area contributed by atoms with Crippen LogP contribution in [-0.2, 0) is 0 Å². The Balaban J connectivity index is 2.60. The van der Waals surface area contributed by atoms with Gasteiger partial charge < -0.3 is 10.1 Å². The van der Waals surface area contributed by atoms with Crippen molar-refractivity contribution in [2.45, 2.75) is 0 Å². The highest BCUT2D eigenvalue weighted by molar-refractivity contribution is 7.20. The van der Waals surface area contributed by atoms with E-state index in [9.17, 15) is 9.59 Å². The smallest absolute Gasteiger partial charge is 0.345 e. The number of aromatic carboxylic acids is 1. The fraction of sp³-hybridized carbons (Fsp3) is 0. The van der Waals surface area contributed by atoms with Crippen molar-refractivity contribution in [2.24, 2.45) is 0 Å². The lowest BCUT2D eigenvalue weighted by Crippen LogP contribution is -1.89. The van der Waals surface area contributed by atoms with Gasteiger partial charge in [-0.2, -0.15) is 0 Å². The van der Waals surface area contributed by atoms with E-state index >= 15 is 0 Å². The van der Waals surface area contributed by atoms with Gasteiger partial charge in [-0.1, -0.05) is 0 Å². The maximum atomic E-state index is 10.5. The fourth-order valence-electron chi connectivity index (χ4n) is 1.11. The van der Waals surface area contributed by atoms with Crippen LogP contribution in [-0.4, -0.2) is 22.3 Å². The Bertz CT molecular complexity index is 451. The van der Waals surface area contributed by atoms with Crippen molar-refractivity contribution in [3.8, 4) is 0 Å². The number of fused-ring (bicyclic) bond motifs is 1. The number of H-pyrrole nitrogens is 1. The SMILES string of the molecule is O=Cc1cc2cc(C(=O)O)sc2[nH]1. The molecule has 0 aromatic carbocycles. The number of hydrogen-bond donors (Lipinski definition) is 2. The number of aromatic nitrogens is 1. The zero-order chi connectivity index (χ0) is 9.42. The number of carboxylic acids is 1. The van der Waals surface area contributed by atoms with Gasteiger partial charge in [0.2, 0.25) is 0 Å². The second-order valence-electron chi connectivity index (χ2n) is 2.54. The lowest BCUT2D eigenvalue weighted by Gasteiger charge is -1.82. The van der Waals surface area contributed by atoms with E-state index in [1.807, 2.05) is 0 Å². The summed E-state index contributed by atoms with van der Waals surface area (Å²) in [5.41, 5.74) is 0.471. The Morgan fingerprint density at radius 1 is 1.54 bits per heavy atom. The number of carbonyl (C=O) groups is 2. The molecule has 2 aromatic rings. The molecule has 0 spiro atoms. The topological polar surface area (TPSA) is 70.2 Å². The Kier molecular flexibility index (Phi) is 1.66. The average Bonchev–Trinajstić information content (AvgIpc) is 2.58. The normalized spacial score (nSPS) is 10.5. The van der Waals surface area contributed by atoms with Crippen LogP contribution in [0.25, 0.3) is 10.2 Å². The van der Waals surface area contributed by atoms with Crippen molar-refractivity contribution in [1.29, 1.82) is 0 Å². The van der Waals surface area contributed by atoms with E-state index in [4.69, 9.17) is 5.11 Å². The van der Waals surface area contributed by atoms with Gasteiger partial charge in [0.05, 0.1) is 5.69 Å². The van der Waals surface area contributed by atoms with Gasteiger partial charge in [0, 0.05) is 5.39 Å². The number of hydrogen-bond acceptors (Lipinski definition) is 3. The van der Waals surface area contributed by atoms with Gasteiger partial charge in [-0.15, -0.1) is 11.3 Å². The first-order valence-electron chi connectivity index (χ1n) is 3.52. The molecule has 0 atom stereocenters. The summed E-state index contributed by atoms with van der Waals surface area (Å²) in [6, 6.07) is 3.18. The molecule has 0 saturated carbocycles. The molecule has 2 rings (SSSR count). The van der Waals surface area contributed by atoms with Crippen molar-refractivity contribution in [3.05, 3.63) is 22.7 Å². The Hall–Kier alpha value is -1.62. The third kappa shape index (κ3) is 1.23. The van der Waals surface area contributed by atoms with Crippen LogP contribution in [0, 0.1) is 0 Å². The molecule has 0 amide bonds. The van der Waals surface area contributed by atoms with Crippen LogP contribution in [0.15, 0.2) is 12.1 Å². The van der Waals surface area contributed by atoms with Gasteiger partial charge in [-0.25, -0.2) is 4.79 Å². The lowest BCUT2D eigenvalue weighted by atomic mass is 10.3. The number of aromatic amines is 1. The molecule has 2 heterocycles. The third-order valence-corrected chi connectivity index (χ3v) is 2.72. The number of rotatable bonds is 2. The van der Waals surface area contributed by atoms with Crippen LogP contribution < -0.4 is 0 Å². The summed E-state index contributed by atoms with van der Waals surface area (Å²) in [5, 5.41) is 9.43. The van der Waals surface area contributed by atoms with Gasteiger partial charge in [0.1, 0.15) is 9.71 Å². The summed E-state index contributed by atoms with van der Waals surface area (Å²) in [4.78, 5) is 24.7. The van der Waals surface area contributed by atoms with E-state index in [2.05, 4.69) is 4.98 Å². The number of carboxylic acid groups (broad SMARTS) is 1. The molecule has 0 fully saturated rings. The Labute approximate surface area is 76.8 Å². The maximum Gasteiger partial charge on any atom is 0.345 e. The molecular weight excluding hydrogens is 190 g/mol. The first kappa shape index (κ1) is 8.00. The molecule has 0 unspecified atom stereocenters. The molecule has 13 heavy (non-hydrogen) atoms. The summed E-state index contributed by atoms with van der Waals surface area (Å²) >= 11 is 1.13. The minimum atomic E-state index is -0.942. The van der Waals surface area contributed by atoms with Crippen LogP contribution in [0.4, 0.5) is 0 Å². The second-order valence-corrected chi connectivity index (χ2v) is 3.59. The summed E-state index contributed by atoms with van der Waals surface area (Å²) in [7, 11) is 0. The first-order valence-corrected chi connectivity index (χ1v) is 4.33. The highest BCUT2D eigenvalue weighted by atomic mass is 32.1. The molecule has 0 saturated heterocycles. The van der Waals surface area contributed by atoms with Crippen LogP contribution in [0.1, 0.15) is 20.2 Å². The molecule has 2 N–H and O–H groups in total. The van der Waals surface area contributed by atoms with Gasteiger partial charge in [0.25, 0.3) is 0 Å². The van der Waals surface area contributed by atoms with Crippen LogP contribution in [0.3, 0.4) is 0 Å². The number of nitrogens with one attached hydrogen (secondary N) is 1. The molecule has 0 aliphatic carbocycles. The van der Waals surface area contributed by atoms with Crippen molar-refractivity contribution in [3.63, 3.8) is 0 Å². The van der Waals surface area contributed by atoms with Crippen molar-refractivity contribution in [1.82, 2.24) is 4.98 Å². The zero-order valence-corrected chi connectivity index (χ0v) is 7.22. The van der Waals surface area contributed by atoms with E-state index in [1.54, 1.807) is 12.1 Å². The third-order valence-electron chi connectivity index (χ3n) is 1.67. The first-order chi connectivity index (χ1) is 6.20. The van der Waals surface area contributed by atoms with Crippen LogP contribution >= 0.6 is 11.3 Å².